The second-order valence-corrected chi connectivity index (χ2v) is 9.17. The average Bonchev–Trinajstić information content (AvgIpc) is 3.49. The van der Waals surface area contributed by atoms with E-state index in [0.29, 0.717) is 6.54 Å². The SMILES string of the molecule is Fc1ccc(C(c2nnnn2CC2CCCO2)N2CCN(C3CCCCC3)CC2)cc1. The molecular weight excluding hydrogens is 395 g/mol. The van der Waals surface area contributed by atoms with Crippen molar-refractivity contribution in [2.75, 3.05) is 32.8 Å². The van der Waals surface area contributed by atoms with E-state index in [1.165, 1.54) is 44.2 Å². The fraction of sp³-hybridized carbons (Fsp3) is 0.696. The average molecular weight is 429 g/mol. The molecule has 1 saturated carbocycles. The largest absolute Gasteiger partial charge is 0.376 e. The van der Waals surface area contributed by atoms with Crippen molar-refractivity contribution in [3.05, 3.63) is 41.5 Å². The minimum Gasteiger partial charge on any atom is -0.376 e. The molecule has 2 unspecified atom stereocenters. The molecule has 8 heteroatoms. The Bertz CT molecular complexity index is 823. The van der Waals surface area contributed by atoms with Gasteiger partial charge in [-0.05, 0) is 53.8 Å². The number of hydrogen-bond donors (Lipinski definition) is 0. The van der Waals surface area contributed by atoms with Crippen LogP contribution in [0.1, 0.15) is 62.4 Å². The summed E-state index contributed by atoms with van der Waals surface area (Å²) in [5, 5.41) is 12.7. The number of aromatic nitrogens is 4. The summed E-state index contributed by atoms with van der Waals surface area (Å²) >= 11 is 0. The van der Waals surface area contributed by atoms with Gasteiger partial charge in [-0.1, -0.05) is 31.4 Å². The summed E-state index contributed by atoms with van der Waals surface area (Å²) in [6.45, 7) is 5.54. The first-order valence-corrected chi connectivity index (χ1v) is 11.9. The molecule has 2 saturated heterocycles. The number of benzene rings is 1. The standard InChI is InChI=1S/C23H33FN6O/c24-19-10-8-18(9-11-19)22(23-25-26-27-30(23)17-21-7-4-16-31-21)29-14-12-28(13-15-29)20-5-2-1-3-6-20/h8-11,20-22H,1-7,12-17H2. The van der Waals surface area contributed by atoms with Crippen LogP contribution in [0.25, 0.3) is 0 Å². The van der Waals surface area contributed by atoms with Gasteiger partial charge >= 0.3 is 0 Å². The Hall–Kier alpha value is -1.90. The van der Waals surface area contributed by atoms with Crippen molar-refractivity contribution in [1.82, 2.24) is 30.0 Å². The smallest absolute Gasteiger partial charge is 0.173 e. The van der Waals surface area contributed by atoms with Gasteiger partial charge in [-0.15, -0.1) is 5.10 Å². The fourth-order valence-corrected chi connectivity index (χ4v) is 5.49. The monoisotopic (exact) mass is 428 g/mol. The minimum absolute atomic E-state index is 0.0782. The molecule has 5 rings (SSSR count). The Morgan fingerprint density at radius 1 is 0.968 bits per heavy atom. The zero-order valence-electron chi connectivity index (χ0n) is 18.2. The molecule has 1 aliphatic carbocycles. The van der Waals surface area contributed by atoms with Gasteiger partial charge < -0.3 is 4.74 Å². The number of hydrogen-bond acceptors (Lipinski definition) is 6. The first-order valence-electron chi connectivity index (χ1n) is 11.9. The predicted molar refractivity (Wildman–Crippen MR) is 115 cm³/mol. The van der Waals surface area contributed by atoms with Crippen molar-refractivity contribution in [2.45, 2.75) is 69.7 Å². The van der Waals surface area contributed by atoms with Crippen LogP contribution in [0.15, 0.2) is 24.3 Å². The zero-order chi connectivity index (χ0) is 21.0. The van der Waals surface area contributed by atoms with E-state index in [2.05, 4.69) is 25.3 Å². The van der Waals surface area contributed by atoms with E-state index in [4.69, 9.17) is 4.74 Å². The lowest BCUT2D eigenvalue weighted by molar-refractivity contribution is 0.0595. The van der Waals surface area contributed by atoms with Crippen LogP contribution in [0.5, 0.6) is 0 Å². The number of piperazine rings is 1. The van der Waals surface area contributed by atoms with Gasteiger partial charge in [-0.2, -0.15) is 0 Å². The Morgan fingerprint density at radius 2 is 1.74 bits per heavy atom. The number of nitrogens with zero attached hydrogens (tertiary/aromatic N) is 6. The molecule has 0 bridgehead atoms. The van der Waals surface area contributed by atoms with Gasteiger partial charge in [0, 0.05) is 38.8 Å². The molecule has 3 aliphatic rings. The van der Waals surface area contributed by atoms with Crippen molar-refractivity contribution in [2.24, 2.45) is 0 Å². The molecule has 1 aromatic heterocycles. The summed E-state index contributed by atoms with van der Waals surface area (Å²) in [7, 11) is 0. The molecule has 3 heterocycles. The normalized spacial score (nSPS) is 25.1. The molecule has 168 valence electrons. The van der Waals surface area contributed by atoms with Gasteiger partial charge in [-0.25, -0.2) is 9.07 Å². The highest BCUT2D eigenvalue weighted by atomic mass is 19.1. The number of tetrazole rings is 1. The summed E-state index contributed by atoms with van der Waals surface area (Å²) in [4.78, 5) is 5.14. The summed E-state index contributed by atoms with van der Waals surface area (Å²) in [6, 6.07) is 7.48. The van der Waals surface area contributed by atoms with Gasteiger partial charge in [0.25, 0.3) is 0 Å². The Labute approximate surface area is 183 Å². The van der Waals surface area contributed by atoms with E-state index < -0.39 is 0 Å². The minimum atomic E-state index is -0.219. The maximum absolute atomic E-state index is 13.7. The Kier molecular flexibility index (Phi) is 6.57. The summed E-state index contributed by atoms with van der Waals surface area (Å²) in [5.41, 5.74) is 1.04. The van der Waals surface area contributed by atoms with Crippen LogP contribution in [0.4, 0.5) is 4.39 Å². The van der Waals surface area contributed by atoms with Crippen LogP contribution in [-0.4, -0.2) is 74.9 Å². The van der Waals surface area contributed by atoms with Gasteiger partial charge in [-0.3, -0.25) is 9.80 Å². The quantitative estimate of drug-likeness (QED) is 0.705. The van der Waals surface area contributed by atoms with Crippen LogP contribution in [0, 0.1) is 5.82 Å². The van der Waals surface area contributed by atoms with Crippen molar-refractivity contribution < 1.29 is 9.13 Å². The van der Waals surface area contributed by atoms with E-state index in [1.54, 1.807) is 0 Å². The molecule has 2 atom stereocenters. The summed E-state index contributed by atoms with van der Waals surface area (Å²) < 4.78 is 21.4. The topological polar surface area (TPSA) is 59.3 Å². The predicted octanol–water partition coefficient (Wildman–Crippen LogP) is 3.03. The van der Waals surface area contributed by atoms with Crippen LogP contribution in [-0.2, 0) is 11.3 Å². The molecule has 0 radical (unpaired) electrons. The van der Waals surface area contributed by atoms with Gasteiger partial charge in [0.1, 0.15) is 5.82 Å². The lowest BCUT2D eigenvalue weighted by Gasteiger charge is -2.43. The third kappa shape index (κ3) is 4.81. The molecule has 0 N–H and O–H groups in total. The van der Waals surface area contributed by atoms with Crippen molar-refractivity contribution >= 4 is 0 Å². The lowest BCUT2D eigenvalue weighted by atomic mass is 9.93. The van der Waals surface area contributed by atoms with Crippen molar-refractivity contribution in [3.8, 4) is 0 Å². The highest BCUT2D eigenvalue weighted by Crippen LogP contribution is 2.30. The number of ether oxygens (including phenoxy) is 1. The third-order valence-corrected chi connectivity index (χ3v) is 7.20. The second kappa shape index (κ2) is 9.71. The molecule has 2 aliphatic heterocycles. The van der Waals surface area contributed by atoms with Gasteiger partial charge in [0.05, 0.1) is 18.7 Å². The van der Waals surface area contributed by atoms with E-state index in [9.17, 15) is 4.39 Å². The van der Waals surface area contributed by atoms with E-state index in [-0.39, 0.29) is 18.0 Å². The van der Waals surface area contributed by atoms with E-state index >= 15 is 0 Å². The van der Waals surface area contributed by atoms with E-state index in [1.807, 2.05) is 16.8 Å². The molecule has 0 spiro atoms. The summed E-state index contributed by atoms with van der Waals surface area (Å²) in [6.07, 6.45) is 9.08. The zero-order valence-corrected chi connectivity index (χ0v) is 18.2. The van der Waals surface area contributed by atoms with Crippen LogP contribution in [0.3, 0.4) is 0 Å². The molecule has 2 aromatic rings. The van der Waals surface area contributed by atoms with Crippen LogP contribution < -0.4 is 0 Å². The van der Waals surface area contributed by atoms with Gasteiger partial charge in [0.2, 0.25) is 0 Å². The lowest BCUT2D eigenvalue weighted by Crippen LogP contribution is -2.52. The highest BCUT2D eigenvalue weighted by molar-refractivity contribution is 5.25. The maximum atomic E-state index is 13.7. The number of halogens is 1. The molecule has 7 nitrogen and oxygen atoms in total. The maximum Gasteiger partial charge on any atom is 0.173 e. The highest BCUT2D eigenvalue weighted by Gasteiger charge is 2.33. The Balaban J connectivity index is 1.36. The summed E-state index contributed by atoms with van der Waals surface area (Å²) in [5.74, 6) is 0.608. The fourth-order valence-electron chi connectivity index (χ4n) is 5.49. The van der Waals surface area contributed by atoms with E-state index in [0.717, 1.165) is 63.1 Å². The van der Waals surface area contributed by atoms with Gasteiger partial charge in [0.15, 0.2) is 5.82 Å². The second-order valence-electron chi connectivity index (χ2n) is 9.17. The van der Waals surface area contributed by atoms with Crippen molar-refractivity contribution in [3.63, 3.8) is 0 Å². The van der Waals surface area contributed by atoms with Crippen LogP contribution in [0.2, 0.25) is 0 Å². The number of rotatable bonds is 6. The first-order chi connectivity index (χ1) is 15.3. The molecule has 0 amide bonds. The first kappa shape index (κ1) is 21.0. The Morgan fingerprint density at radius 3 is 2.45 bits per heavy atom. The van der Waals surface area contributed by atoms with Crippen molar-refractivity contribution in [1.29, 1.82) is 0 Å². The molecule has 3 fully saturated rings. The third-order valence-electron chi connectivity index (χ3n) is 7.20. The van der Waals surface area contributed by atoms with Crippen LogP contribution >= 0.6 is 0 Å². The molecular formula is C23H33FN6O. The molecule has 1 aromatic carbocycles. The molecule has 31 heavy (non-hydrogen) atoms.